The molecule has 29 heavy (non-hydrogen) atoms. The number of hydrogen-bond acceptors (Lipinski definition) is 5. The zero-order valence-electron chi connectivity index (χ0n) is 16.8. The zero-order valence-corrected chi connectivity index (χ0v) is 18.8. The summed E-state index contributed by atoms with van der Waals surface area (Å²) >= 11 is 0. The number of aliphatic carboxylic acids is 1. The molecule has 0 spiro atoms. The molecule has 1 aromatic heterocycles. The van der Waals surface area contributed by atoms with Crippen molar-refractivity contribution in [2.75, 3.05) is 18.0 Å². The van der Waals surface area contributed by atoms with Crippen molar-refractivity contribution < 1.29 is 19.4 Å². The van der Waals surface area contributed by atoms with E-state index in [0.29, 0.717) is 25.3 Å². The molecule has 160 valence electrons. The molecule has 1 fully saturated rings. The second-order valence-electron chi connectivity index (χ2n) is 7.06. The number of pyridine rings is 1. The molecule has 0 saturated carbocycles. The Bertz CT molecular complexity index is 774. The first kappa shape index (κ1) is 25.1. The van der Waals surface area contributed by atoms with Gasteiger partial charge in [0.15, 0.2) is 0 Å². The van der Waals surface area contributed by atoms with Crippen molar-refractivity contribution >= 4 is 38.6 Å². The number of nitrogens with zero attached hydrogens (tertiary/aromatic N) is 2. The molecule has 0 bridgehead atoms. The monoisotopic (exact) mass is 438 g/mol. The standard InChI is InChI=1S/C21H26N2O4.2H2S/c1-15-3-5-17(6-4-15)14-26-20-9-18(10-22-11-20)23-12-16(2)27-19(13-23)7-8-21(24)25;;/h3-6,9-11,16,19H,7-8,12-14H2,1-2H3,(H,24,25);2*1H2/t16-,19-;;/m0../s1. The molecule has 2 aromatic rings. The van der Waals surface area contributed by atoms with Gasteiger partial charge in [-0.05, 0) is 25.8 Å². The first-order chi connectivity index (χ1) is 13.0. The van der Waals surface area contributed by atoms with Crippen LogP contribution in [-0.2, 0) is 16.1 Å². The van der Waals surface area contributed by atoms with E-state index in [1.807, 2.05) is 19.2 Å². The molecule has 0 amide bonds. The molecule has 1 saturated heterocycles. The molecule has 1 aliphatic rings. The fourth-order valence-electron chi connectivity index (χ4n) is 3.21. The van der Waals surface area contributed by atoms with Crippen molar-refractivity contribution in [3.63, 3.8) is 0 Å². The summed E-state index contributed by atoms with van der Waals surface area (Å²) in [5, 5.41) is 8.90. The van der Waals surface area contributed by atoms with E-state index in [0.717, 1.165) is 17.8 Å². The Morgan fingerprint density at radius 1 is 1.24 bits per heavy atom. The van der Waals surface area contributed by atoms with Gasteiger partial charge in [-0.3, -0.25) is 9.78 Å². The Morgan fingerprint density at radius 3 is 2.66 bits per heavy atom. The third-order valence-electron chi connectivity index (χ3n) is 4.60. The van der Waals surface area contributed by atoms with Crippen LogP contribution >= 0.6 is 27.0 Å². The number of morpholine rings is 1. The largest absolute Gasteiger partial charge is 0.487 e. The Balaban J connectivity index is 0.00000210. The number of carboxylic acid groups (broad SMARTS) is 1. The van der Waals surface area contributed by atoms with Crippen LogP contribution in [0.3, 0.4) is 0 Å². The van der Waals surface area contributed by atoms with Gasteiger partial charge in [0, 0.05) is 25.6 Å². The van der Waals surface area contributed by atoms with Gasteiger partial charge in [0.2, 0.25) is 0 Å². The lowest BCUT2D eigenvalue weighted by Crippen LogP contribution is -2.46. The Labute approximate surface area is 186 Å². The van der Waals surface area contributed by atoms with E-state index in [1.165, 1.54) is 5.56 Å². The predicted molar refractivity (Wildman–Crippen MR) is 124 cm³/mol. The highest BCUT2D eigenvalue weighted by Gasteiger charge is 2.26. The molecule has 1 aliphatic heterocycles. The molecule has 8 heteroatoms. The van der Waals surface area contributed by atoms with E-state index < -0.39 is 5.97 Å². The summed E-state index contributed by atoms with van der Waals surface area (Å²) in [7, 11) is 0. The van der Waals surface area contributed by atoms with Gasteiger partial charge in [-0.25, -0.2) is 0 Å². The van der Waals surface area contributed by atoms with Crippen molar-refractivity contribution in [2.24, 2.45) is 0 Å². The molecule has 1 aromatic carbocycles. The van der Waals surface area contributed by atoms with Gasteiger partial charge in [0.1, 0.15) is 12.4 Å². The number of carbonyl (C=O) groups is 1. The Kier molecular flexibility index (Phi) is 10.4. The second-order valence-corrected chi connectivity index (χ2v) is 7.06. The number of anilines is 1. The summed E-state index contributed by atoms with van der Waals surface area (Å²) in [6, 6.07) is 10.2. The molecule has 0 unspecified atom stereocenters. The van der Waals surface area contributed by atoms with Gasteiger partial charge in [-0.1, -0.05) is 29.8 Å². The summed E-state index contributed by atoms with van der Waals surface area (Å²) in [4.78, 5) is 17.3. The minimum absolute atomic E-state index is 0. The number of ether oxygens (including phenoxy) is 2. The fraction of sp³-hybridized carbons (Fsp3) is 0.429. The van der Waals surface area contributed by atoms with Crippen LogP contribution in [0.25, 0.3) is 0 Å². The highest BCUT2D eigenvalue weighted by Crippen LogP contribution is 2.25. The SMILES string of the molecule is Cc1ccc(COc2cncc(N3C[C@H](CCC(=O)O)O[C@@H](C)C3)c2)cc1.S.S. The maximum absolute atomic E-state index is 10.8. The second kappa shape index (κ2) is 11.9. The first-order valence-corrected chi connectivity index (χ1v) is 9.25. The molecule has 2 atom stereocenters. The van der Waals surface area contributed by atoms with E-state index in [2.05, 4.69) is 41.1 Å². The smallest absolute Gasteiger partial charge is 0.303 e. The van der Waals surface area contributed by atoms with Crippen LogP contribution in [0.4, 0.5) is 5.69 Å². The summed E-state index contributed by atoms with van der Waals surface area (Å²) in [6.45, 7) is 5.95. The van der Waals surface area contributed by atoms with Gasteiger partial charge >= 0.3 is 5.97 Å². The van der Waals surface area contributed by atoms with Crippen molar-refractivity contribution in [3.8, 4) is 5.75 Å². The van der Waals surface area contributed by atoms with Crippen molar-refractivity contribution in [3.05, 3.63) is 53.9 Å². The minimum Gasteiger partial charge on any atom is -0.487 e. The van der Waals surface area contributed by atoms with Gasteiger partial charge in [-0.2, -0.15) is 27.0 Å². The summed E-state index contributed by atoms with van der Waals surface area (Å²) in [5.41, 5.74) is 3.30. The van der Waals surface area contributed by atoms with E-state index >= 15 is 0 Å². The number of carboxylic acids is 1. The van der Waals surface area contributed by atoms with Crippen LogP contribution in [0.2, 0.25) is 0 Å². The highest BCUT2D eigenvalue weighted by molar-refractivity contribution is 7.59. The van der Waals surface area contributed by atoms with E-state index in [4.69, 9.17) is 14.6 Å². The normalized spacial score (nSPS) is 18.3. The predicted octanol–water partition coefficient (Wildman–Crippen LogP) is 3.65. The molecule has 3 rings (SSSR count). The van der Waals surface area contributed by atoms with Gasteiger partial charge in [-0.15, -0.1) is 0 Å². The molecule has 2 heterocycles. The van der Waals surface area contributed by atoms with Crippen molar-refractivity contribution in [2.45, 2.75) is 45.5 Å². The molecule has 6 nitrogen and oxygen atoms in total. The van der Waals surface area contributed by atoms with Crippen molar-refractivity contribution in [1.82, 2.24) is 4.98 Å². The first-order valence-electron chi connectivity index (χ1n) is 9.25. The van der Waals surface area contributed by atoms with Crippen LogP contribution in [0.1, 0.15) is 30.9 Å². The van der Waals surface area contributed by atoms with Crippen LogP contribution in [0.15, 0.2) is 42.7 Å². The number of hydrogen-bond donors (Lipinski definition) is 1. The molecule has 0 aliphatic carbocycles. The average Bonchev–Trinajstić information content (AvgIpc) is 2.66. The maximum atomic E-state index is 10.8. The van der Waals surface area contributed by atoms with Crippen LogP contribution in [-0.4, -0.2) is 41.4 Å². The molecule has 0 radical (unpaired) electrons. The third kappa shape index (κ3) is 7.79. The van der Waals surface area contributed by atoms with Crippen molar-refractivity contribution in [1.29, 1.82) is 0 Å². The highest BCUT2D eigenvalue weighted by atomic mass is 32.1. The maximum Gasteiger partial charge on any atom is 0.303 e. The van der Waals surface area contributed by atoms with E-state index in [9.17, 15) is 4.79 Å². The Hall–Kier alpha value is -1.90. The lowest BCUT2D eigenvalue weighted by molar-refractivity contribution is -0.138. The fourth-order valence-corrected chi connectivity index (χ4v) is 3.21. The van der Waals surface area contributed by atoms with E-state index in [1.54, 1.807) is 6.20 Å². The van der Waals surface area contributed by atoms with Gasteiger partial charge in [0.25, 0.3) is 0 Å². The third-order valence-corrected chi connectivity index (χ3v) is 4.60. The van der Waals surface area contributed by atoms with Gasteiger partial charge < -0.3 is 19.5 Å². The topological polar surface area (TPSA) is 71.9 Å². The summed E-state index contributed by atoms with van der Waals surface area (Å²) in [5.74, 6) is -0.0779. The molecular weight excluding hydrogens is 408 g/mol. The van der Waals surface area contributed by atoms with Gasteiger partial charge in [0.05, 0.1) is 30.3 Å². The van der Waals surface area contributed by atoms with E-state index in [-0.39, 0.29) is 45.6 Å². The minimum atomic E-state index is -0.795. The van der Waals surface area contributed by atoms with Crippen LogP contribution < -0.4 is 9.64 Å². The molecule has 1 N–H and O–H groups in total. The van der Waals surface area contributed by atoms with Crippen LogP contribution in [0, 0.1) is 6.92 Å². The lowest BCUT2D eigenvalue weighted by atomic mass is 10.1. The summed E-state index contributed by atoms with van der Waals surface area (Å²) in [6.07, 6.45) is 4.09. The molecular formula is C21H30N2O4S2. The average molecular weight is 439 g/mol. The lowest BCUT2D eigenvalue weighted by Gasteiger charge is -2.38. The Morgan fingerprint density at radius 2 is 1.97 bits per heavy atom. The number of benzene rings is 1. The number of rotatable bonds is 7. The zero-order chi connectivity index (χ0) is 19.2. The quantitative estimate of drug-likeness (QED) is 0.711. The number of aryl methyl sites for hydroxylation is 1. The summed E-state index contributed by atoms with van der Waals surface area (Å²) < 4.78 is 11.8. The van der Waals surface area contributed by atoms with Crippen LogP contribution in [0.5, 0.6) is 5.75 Å². The number of aromatic nitrogens is 1.